The summed E-state index contributed by atoms with van der Waals surface area (Å²) >= 11 is 0. The molecule has 1 aromatic rings. The zero-order valence-corrected chi connectivity index (χ0v) is 7.01. The van der Waals surface area contributed by atoms with Crippen molar-refractivity contribution in [2.75, 3.05) is 6.61 Å². The minimum absolute atomic E-state index is 0.0740. The maximum atomic E-state index is 5.57. The van der Waals surface area contributed by atoms with Crippen molar-refractivity contribution in [2.24, 2.45) is 11.1 Å². The molecule has 0 saturated carbocycles. The maximum Gasteiger partial charge on any atom is 0.167 e. The third-order valence-electron chi connectivity index (χ3n) is 2.47. The summed E-state index contributed by atoms with van der Waals surface area (Å²) in [5.41, 5.74) is 1.11. The number of hydrogen-bond acceptors (Lipinski definition) is 3. The number of para-hydroxylation sites is 1. The van der Waals surface area contributed by atoms with Gasteiger partial charge in [-0.2, -0.15) is 0 Å². The van der Waals surface area contributed by atoms with Crippen molar-refractivity contribution in [3.05, 3.63) is 29.8 Å². The van der Waals surface area contributed by atoms with E-state index in [4.69, 9.17) is 9.57 Å². The summed E-state index contributed by atoms with van der Waals surface area (Å²) in [5, 5.41) is 3.82. The molecule has 0 saturated heterocycles. The molecule has 3 nitrogen and oxygen atoms in total. The summed E-state index contributed by atoms with van der Waals surface area (Å²) in [6, 6.07) is 7.95. The van der Waals surface area contributed by atoms with Crippen LogP contribution in [0.2, 0.25) is 0 Å². The van der Waals surface area contributed by atoms with Crippen LogP contribution in [-0.4, -0.2) is 12.8 Å². The molecule has 2 heterocycles. The van der Waals surface area contributed by atoms with E-state index in [0.717, 1.165) is 11.3 Å². The second-order valence-electron chi connectivity index (χ2n) is 3.29. The highest BCUT2D eigenvalue weighted by Crippen LogP contribution is 2.39. The lowest BCUT2D eigenvalue weighted by atomic mass is 9.95. The fourth-order valence-electron chi connectivity index (χ4n) is 1.79. The molecule has 0 bridgehead atoms. The molecule has 2 aliphatic rings. The van der Waals surface area contributed by atoms with Gasteiger partial charge >= 0.3 is 0 Å². The lowest BCUT2D eigenvalue weighted by Gasteiger charge is -2.25. The number of ether oxygens (including phenoxy) is 1. The average molecular weight is 175 g/mol. The minimum Gasteiger partial charge on any atom is -0.492 e. The predicted molar refractivity (Wildman–Crippen MR) is 47.7 cm³/mol. The van der Waals surface area contributed by atoms with Crippen LogP contribution >= 0.6 is 0 Å². The van der Waals surface area contributed by atoms with E-state index in [-0.39, 0.29) is 12.0 Å². The second-order valence-corrected chi connectivity index (χ2v) is 3.29. The van der Waals surface area contributed by atoms with Gasteiger partial charge in [0.1, 0.15) is 12.4 Å². The lowest BCUT2D eigenvalue weighted by Crippen LogP contribution is -2.24. The smallest absolute Gasteiger partial charge is 0.167 e. The number of nitrogens with zero attached hydrogens (tertiary/aromatic N) is 1. The van der Waals surface area contributed by atoms with Crippen LogP contribution in [0.1, 0.15) is 11.7 Å². The Bertz CT molecular complexity index is 362. The molecule has 0 aliphatic carbocycles. The van der Waals surface area contributed by atoms with Gasteiger partial charge in [-0.1, -0.05) is 23.4 Å². The summed E-state index contributed by atoms with van der Waals surface area (Å²) in [6.45, 7) is 0.672. The van der Waals surface area contributed by atoms with Crippen molar-refractivity contribution < 1.29 is 9.57 Å². The first-order chi connectivity index (χ1) is 6.45. The molecule has 0 fully saturated rings. The second kappa shape index (κ2) is 2.49. The van der Waals surface area contributed by atoms with Gasteiger partial charge in [0.2, 0.25) is 0 Å². The van der Waals surface area contributed by atoms with Crippen molar-refractivity contribution in [3.63, 3.8) is 0 Å². The van der Waals surface area contributed by atoms with Crippen molar-refractivity contribution >= 4 is 6.21 Å². The van der Waals surface area contributed by atoms with E-state index in [0.29, 0.717) is 6.61 Å². The van der Waals surface area contributed by atoms with Crippen LogP contribution in [0.5, 0.6) is 5.75 Å². The molecular formula is C10H9NO2. The molecule has 0 radical (unpaired) electrons. The van der Waals surface area contributed by atoms with Gasteiger partial charge in [0.05, 0.1) is 12.1 Å². The first-order valence-electron chi connectivity index (χ1n) is 4.36. The topological polar surface area (TPSA) is 30.8 Å². The van der Waals surface area contributed by atoms with Gasteiger partial charge in [0, 0.05) is 5.56 Å². The third-order valence-corrected chi connectivity index (χ3v) is 2.47. The molecule has 1 aromatic carbocycles. The standard InChI is InChI=1S/C10H9NO2/c1-2-4-9-8(3-1)10-7(6-12-9)5-11-13-10/h1-5,7,10H,6H2. The Labute approximate surface area is 76.0 Å². The lowest BCUT2D eigenvalue weighted by molar-refractivity contribution is 0.0332. The Balaban J connectivity index is 2.08. The van der Waals surface area contributed by atoms with E-state index in [1.807, 2.05) is 30.5 Å². The predicted octanol–water partition coefficient (Wildman–Crippen LogP) is 1.75. The monoisotopic (exact) mass is 175 g/mol. The third kappa shape index (κ3) is 0.932. The zero-order valence-electron chi connectivity index (χ0n) is 7.01. The SMILES string of the molecule is C1=NOC2c3ccccc3OCC12. The molecule has 0 N–H and O–H groups in total. The normalized spacial score (nSPS) is 28.6. The van der Waals surface area contributed by atoms with Crippen LogP contribution in [0, 0.1) is 5.92 Å². The summed E-state index contributed by atoms with van der Waals surface area (Å²) in [6.07, 6.45) is 1.89. The van der Waals surface area contributed by atoms with E-state index < -0.39 is 0 Å². The van der Waals surface area contributed by atoms with Crippen molar-refractivity contribution in [1.29, 1.82) is 0 Å². The number of benzene rings is 1. The summed E-state index contributed by atoms with van der Waals surface area (Å²) in [4.78, 5) is 5.27. The summed E-state index contributed by atoms with van der Waals surface area (Å²) < 4.78 is 5.57. The highest BCUT2D eigenvalue weighted by atomic mass is 16.6. The van der Waals surface area contributed by atoms with Crippen molar-refractivity contribution in [1.82, 2.24) is 0 Å². The molecule has 2 aliphatic heterocycles. The first-order valence-corrected chi connectivity index (χ1v) is 4.36. The molecule has 3 rings (SSSR count). The van der Waals surface area contributed by atoms with Gasteiger partial charge in [-0.3, -0.25) is 0 Å². The minimum atomic E-state index is 0.0740. The van der Waals surface area contributed by atoms with Crippen LogP contribution in [0.3, 0.4) is 0 Å². The van der Waals surface area contributed by atoms with Gasteiger partial charge < -0.3 is 9.57 Å². The van der Waals surface area contributed by atoms with E-state index in [1.54, 1.807) is 0 Å². The summed E-state index contributed by atoms with van der Waals surface area (Å²) in [7, 11) is 0. The van der Waals surface area contributed by atoms with E-state index in [1.165, 1.54) is 0 Å². The molecule has 13 heavy (non-hydrogen) atoms. The molecule has 0 spiro atoms. The average Bonchev–Trinajstić information content (AvgIpc) is 2.65. The molecule has 3 heteroatoms. The van der Waals surface area contributed by atoms with Gasteiger partial charge in [0.25, 0.3) is 0 Å². The van der Waals surface area contributed by atoms with E-state index >= 15 is 0 Å². The maximum absolute atomic E-state index is 5.57. The van der Waals surface area contributed by atoms with Crippen LogP contribution in [0.4, 0.5) is 0 Å². The Morgan fingerprint density at radius 1 is 1.31 bits per heavy atom. The number of oxime groups is 1. The van der Waals surface area contributed by atoms with Crippen LogP contribution in [0.15, 0.2) is 29.4 Å². The highest BCUT2D eigenvalue weighted by Gasteiger charge is 2.34. The van der Waals surface area contributed by atoms with Gasteiger partial charge in [-0.05, 0) is 6.07 Å². The molecular weight excluding hydrogens is 166 g/mol. The fraction of sp³-hybridized carbons (Fsp3) is 0.300. The molecule has 2 atom stereocenters. The van der Waals surface area contributed by atoms with Gasteiger partial charge in [0.15, 0.2) is 6.10 Å². The zero-order chi connectivity index (χ0) is 8.67. The first kappa shape index (κ1) is 6.95. The Morgan fingerprint density at radius 2 is 2.23 bits per heavy atom. The number of fused-ring (bicyclic) bond motifs is 3. The van der Waals surface area contributed by atoms with E-state index in [2.05, 4.69) is 5.16 Å². The molecule has 2 unspecified atom stereocenters. The highest BCUT2D eigenvalue weighted by molar-refractivity contribution is 5.64. The van der Waals surface area contributed by atoms with Crippen LogP contribution in [-0.2, 0) is 4.84 Å². The molecule has 66 valence electrons. The Morgan fingerprint density at radius 3 is 3.23 bits per heavy atom. The number of rotatable bonds is 0. The largest absolute Gasteiger partial charge is 0.492 e. The van der Waals surface area contributed by atoms with Crippen LogP contribution in [0.25, 0.3) is 0 Å². The van der Waals surface area contributed by atoms with Crippen molar-refractivity contribution in [2.45, 2.75) is 6.10 Å². The van der Waals surface area contributed by atoms with Gasteiger partial charge in [-0.15, -0.1) is 0 Å². The van der Waals surface area contributed by atoms with Crippen molar-refractivity contribution in [3.8, 4) is 5.75 Å². The quantitative estimate of drug-likeness (QED) is 0.601. The Kier molecular flexibility index (Phi) is 1.33. The summed E-state index contributed by atoms with van der Waals surface area (Å²) in [5.74, 6) is 1.21. The van der Waals surface area contributed by atoms with E-state index in [9.17, 15) is 0 Å². The molecule has 0 amide bonds. The van der Waals surface area contributed by atoms with Crippen LogP contribution < -0.4 is 4.74 Å². The number of hydrogen-bond donors (Lipinski definition) is 0. The fourth-order valence-corrected chi connectivity index (χ4v) is 1.79. The van der Waals surface area contributed by atoms with Gasteiger partial charge in [-0.25, -0.2) is 0 Å². The Hall–Kier alpha value is -1.51. The molecule has 0 aromatic heterocycles.